The summed E-state index contributed by atoms with van der Waals surface area (Å²) in [5.41, 5.74) is 3.89. The Morgan fingerprint density at radius 3 is 3.11 bits per heavy atom. The van der Waals surface area contributed by atoms with E-state index in [-0.39, 0.29) is 12.1 Å². The molecular formula is C13H19ClN2O2S. The Kier molecular flexibility index (Phi) is 5.78. The van der Waals surface area contributed by atoms with E-state index in [1.54, 1.807) is 7.11 Å². The van der Waals surface area contributed by atoms with Gasteiger partial charge in [-0.15, -0.1) is 0 Å². The first kappa shape index (κ1) is 14.9. The van der Waals surface area contributed by atoms with Crippen molar-refractivity contribution in [3.05, 3.63) is 28.8 Å². The third-order valence-corrected chi connectivity index (χ3v) is 4.44. The van der Waals surface area contributed by atoms with Gasteiger partial charge in [0.05, 0.1) is 25.9 Å². The number of nitrogens with one attached hydrogen (secondary N) is 1. The molecule has 0 amide bonds. The molecule has 3 N–H and O–H groups in total. The van der Waals surface area contributed by atoms with E-state index in [4.69, 9.17) is 26.9 Å². The number of nitrogens with two attached hydrogens (primary N) is 1. The second-order valence-electron chi connectivity index (χ2n) is 4.42. The van der Waals surface area contributed by atoms with Gasteiger partial charge < -0.3 is 9.47 Å². The highest BCUT2D eigenvalue weighted by atomic mass is 35.5. The van der Waals surface area contributed by atoms with Gasteiger partial charge in [0, 0.05) is 16.5 Å². The van der Waals surface area contributed by atoms with Gasteiger partial charge in [-0.2, -0.15) is 11.8 Å². The van der Waals surface area contributed by atoms with E-state index in [0.717, 1.165) is 35.8 Å². The number of halogens is 1. The zero-order valence-electron chi connectivity index (χ0n) is 10.9. The highest BCUT2D eigenvalue weighted by Gasteiger charge is 2.25. The van der Waals surface area contributed by atoms with Gasteiger partial charge in [-0.1, -0.05) is 11.6 Å². The number of ether oxygens (including phenoxy) is 2. The van der Waals surface area contributed by atoms with Crippen LogP contribution in [0.15, 0.2) is 18.2 Å². The molecule has 0 radical (unpaired) electrons. The van der Waals surface area contributed by atoms with E-state index >= 15 is 0 Å². The first-order valence-corrected chi connectivity index (χ1v) is 7.75. The number of rotatable bonds is 5. The summed E-state index contributed by atoms with van der Waals surface area (Å²) in [5, 5.41) is 0.700. The lowest BCUT2D eigenvalue weighted by atomic mass is 10.0. The molecule has 0 saturated carbocycles. The lowest BCUT2D eigenvalue weighted by Gasteiger charge is -2.30. The third kappa shape index (κ3) is 4.00. The van der Waals surface area contributed by atoms with Crippen LogP contribution in [-0.2, 0) is 11.2 Å². The van der Waals surface area contributed by atoms with Crippen LogP contribution < -0.4 is 16.0 Å². The highest BCUT2D eigenvalue weighted by molar-refractivity contribution is 7.99. The summed E-state index contributed by atoms with van der Waals surface area (Å²) in [7, 11) is 1.66. The molecule has 106 valence electrons. The maximum absolute atomic E-state index is 6.04. The molecule has 19 heavy (non-hydrogen) atoms. The summed E-state index contributed by atoms with van der Waals surface area (Å²) in [6.45, 7) is 0.778. The Labute approximate surface area is 122 Å². The summed E-state index contributed by atoms with van der Waals surface area (Å²) in [5.74, 6) is 8.50. The molecule has 1 aliphatic heterocycles. The van der Waals surface area contributed by atoms with E-state index in [2.05, 4.69) is 5.43 Å². The van der Waals surface area contributed by atoms with Crippen molar-refractivity contribution < 1.29 is 9.47 Å². The number of thioether (sulfide) groups is 1. The first-order valence-electron chi connectivity index (χ1n) is 6.22. The molecule has 6 heteroatoms. The average Bonchev–Trinajstić information content (AvgIpc) is 2.46. The maximum Gasteiger partial charge on any atom is 0.122 e. The second kappa shape index (κ2) is 7.36. The number of hydrazine groups is 1. The van der Waals surface area contributed by atoms with E-state index in [1.807, 2.05) is 30.0 Å². The monoisotopic (exact) mass is 302 g/mol. The Bertz CT molecular complexity index is 414. The molecule has 4 nitrogen and oxygen atoms in total. The zero-order chi connectivity index (χ0) is 13.7. The van der Waals surface area contributed by atoms with Gasteiger partial charge in [-0.05, 0) is 30.2 Å². The minimum atomic E-state index is 0.0557. The van der Waals surface area contributed by atoms with Gasteiger partial charge in [-0.25, -0.2) is 0 Å². The number of methoxy groups -OCH3 is 1. The molecule has 1 aromatic carbocycles. The van der Waals surface area contributed by atoms with Crippen LogP contribution in [0.25, 0.3) is 0 Å². The lowest BCUT2D eigenvalue weighted by molar-refractivity contribution is 0.0470. The van der Waals surface area contributed by atoms with Crippen molar-refractivity contribution in [2.45, 2.75) is 18.6 Å². The fraction of sp³-hybridized carbons (Fsp3) is 0.538. The van der Waals surface area contributed by atoms with Crippen molar-refractivity contribution in [3.63, 3.8) is 0 Å². The summed E-state index contributed by atoms with van der Waals surface area (Å²) < 4.78 is 11.1. The van der Waals surface area contributed by atoms with E-state index in [1.165, 1.54) is 0 Å². The minimum Gasteiger partial charge on any atom is -0.496 e. The van der Waals surface area contributed by atoms with E-state index in [9.17, 15) is 0 Å². The summed E-state index contributed by atoms with van der Waals surface area (Å²) in [6.07, 6.45) is 0.846. The molecule has 1 aromatic rings. The smallest absolute Gasteiger partial charge is 0.122 e. The van der Waals surface area contributed by atoms with Gasteiger partial charge in [0.25, 0.3) is 0 Å². The summed E-state index contributed by atoms with van der Waals surface area (Å²) in [4.78, 5) is 0. The predicted molar refractivity (Wildman–Crippen MR) is 79.9 cm³/mol. The van der Waals surface area contributed by atoms with Crippen molar-refractivity contribution in [3.8, 4) is 5.75 Å². The normalized spacial score (nSPS) is 21.1. The fourth-order valence-electron chi connectivity index (χ4n) is 2.18. The molecule has 0 bridgehead atoms. The van der Waals surface area contributed by atoms with E-state index < -0.39 is 0 Å². The van der Waals surface area contributed by atoms with Crippen molar-refractivity contribution in [2.75, 3.05) is 25.2 Å². The fourth-order valence-corrected chi connectivity index (χ4v) is 3.32. The molecular weight excluding hydrogens is 284 g/mol. The van der Waals surface area contributed by atoms with Crippen molar-refractivity contribution in [1.29, 1.82) is 0 Å². The molecule has 2 rings (SSSR count). The molecule has 2 unspecified atom stereocenters. The van der Waals surface area contributed by atoms with Gasteiger partial charge in [-0.3, -0.25) is 11.3 Å². The largest absolute Gasteiger partial charge is 0.496 e. The number of hydrogen-bond donors (Lipinski definition) is 2. The van der Waals surface area contributed by atoms with Crippen LogP contribution >= 0.6 is 23.4 Å². The van der Waals surface area contributed by atoms with Gasteiger partial charge >= 0.3 is 0 Å². The summed E-state index contributed by atoms with van der Waals surface area (Å²) in [6, 6.07) is 5.67. The van der Waals surface area contributed by atoms with Crippen LogP contribution in [0.1, 0.15) is 5.56 Å². The van der Waals surface area contributed by atoms with Crippen LogP contribution in [0.4, 0.5) is 0 Å². The topological polar surface area (TPSA) is 56.5 Å². The Morgan fingerprint density at radius 2 is 2.47 bits per heavy atom. The average molecular weight is 303 g/mol. The Hall–Kier alpha value is -0.460. The molecule has 1 aliphatic rings. The minimum absolute atomic E-state index is 0.0557. The van der Waals surface area contributed by atoms with Gasteiger partial charge in [0.2, 0.25) is 0 Å². The van der Waals surface area contributed by atoms with Crippen LogP contribution in [0.3, 0.4) is 0 Å². The van der Waals surface area contributed by atoms with Gasteiger partial charge in [0.1, 0.15) is 5.75 Å². The molecule has 1 heterocycles. The third-order valence-electron chi connectivity index (χ3n) is 3.19. The highest BCUT2D eigenvalue weighted by Crippen LogP contribution is 2.26. The zero-order valence-corrected chi connectivity index (χ0v) is 12.5. The molecule has 0 spiro atoms. The maximum atomic E-state index is 6.04. The molecule has 2 atom stereocenters. The van der Waals surface area contributed by atoms with E-state index in [0.29, 0.717) is 5.02 Å². The molecule has 1 fully saturated rings. The number of hydrogen-bond acceptors (Lipinski definition) is 5. The SMILES string of the molecule is COc1ccc(Cl)cc1CC(NN)C1CSCCO1. The summed E-state index contributed by atoms with van der Waals surface area (Å²) >= 11 is 7.94. The van der Waals surface area contributed by atoms with Crippen LogP contribution in [0, 0.1) is 0 Å². The second-order valence-corrected chi connectivity index (χ2v) is 6.00. The van der Waals surface area contributed by atoms with Gasteiger partial charge in [0.15, 0.2) is 0 Å². The molecule has 0 aliphatic carbocycles. The first-order chi connectivity index (χ1) is 9.24. The van der Waals surface area contributed by atoms with Crippen LogP contribution in [0.5, 0.6) is 5.75 Å². The Morgan fingerprint density at radius 1 is 1.63 bits per heavy atom. The standard InChI is InChI=1S/C13H19ClN2O2S/c1-17-12-3-2-10(14)6-9(12)7-11(16-15)13-8-19-5-4-18-13/h2-3,6,11,13,16H,4-5,7-8,15H2,1H3. The lowest BCUT2D eigenvalue weighted by Crippen LogP contribution is -2.49. The Balaban J connectivity index is 2.10. The van der Waals surface area contributed by atoms with Crippen LogP contribution in [0.2, 0.25) is 5.02 Å². The van der Waals surface area contributed by atoms with Crippen molar-refractivity contribution in [2.24, 2.45) is 5.84 Å². The van der Waals surface area contributed by atoms with Crippen molar-refractivity contribution in [1.82, 2.24) is 5.43 Å². The number of benzene rings is 1. The predicted octanol–water partition coefficient (Wildman–Crippen LogP) is 1.85. The van der Waals surface area contributed by atoms with Crippen LogP contribution in [-0.4, -0.2) is 37.4 Å². The molecule has 0 aromatic heterocycles. The van der Waals surface area contributed by atoms with Crippen molar-refractivity contribution >= 4 is 23.4 Å². The molecule has 1 saturated heterocycles. The quantitative estimate of drug-likeness (QED) is 0.642.